The van der Waals surface area contributed by atoms with Gasteiger partial charge in [-0.25, -0.2) is 4.98 Å². The van der Waals surface area contributed by atoms with E-state index in [1.54, 1.807) is 4.90 Å². The lowest BCUT2D eigenvalue weighted by atomic mass is 10.2. The molecule has 1 fully saturated rings. The molecule has 0 saturated carbocycles. The topological polar surface area (TPSA) is 71.7 Å². The molecular weight excluding hydrogens is 288 g/mol. The van der Waals surface area contributed by atoms with E-state index in [1.165, 1.54) is 11.3 Å². The zero-order chi connectivity index (χ0) is 15.2. The Kier molecular flexibility index (Phi) is 5.81. The molecule has 0 spiro atoms. The second kappa shape index (κ2) is 7.61. The fraction of sp³-hybridized carbons (Fsp3) is 0.714. The summed E-state index contributed by atoms with van der Waals surface area (Å²) in [7, 11) is 1.82. The van der Waals surface area contributed by atoms with Gasteiger partial charge in [0.2, 0.25) is 0 Å². The summed E-state index contributed by atoms with van der Waals surface area (Å²) in [6.45, 7) is 5.90. The largest absolute Gasteiger partial charge is 0.382 e. The number of hydrogen-bond acceptors (Lipinski definition) is 6. The van der Waals surface area contributed by atoms with E-state index >= 15 is 0 Å². The Morgan fingerprint density at radius 3 is 2.81 bits per heavy atom. The number of hydrogen-bond donors (Lipinski definition) is 1. The Labute approximate surface area is 129 Å². The van der Waals surface area contributed by atoms with Gasteiger partial charge in [-0.3, -0.25) is 4.79 Å². The molecule has 1 amide bonds. The molecule has 1 aromatic heterocycles. The maximum atomic E-state index is 12.4. The first-order valence-corrected chi connectivity index (χ1v) is 8.29. The molecular formula is C14H24N4O2S. The van der Waals surface area contributed by atoms with Crippen LogP contribution in [0.2, 0.25) is 0 Å². The van der Waals surface area contributed by atoms with Crippen LogP contribution in [-0.4, -0.2) is 55.7 Å². The number of ether oxygens (including phenoxy) is 1. The summed E-state index contributed by atoms with van der Waals surface area (Å²) in [6, 6.07) is 0. The second-order valence-corrected chi connectivity index (χ2v) is 6.22. The maximum absolute atomic E-state index is 12.4. The number of carbonyl (C=O) groups excluding carboxylic acids is 1. The van der Waals surface area contributed by atoms with Crippen LogP contribution in [-0.2, 0) is 4.74 Å². The molecule has 21 heavy (non-hydrogen) atoms. The molecule has 7 heteroatoms. The molecule has 0 radical (unpaired) electrons. The van der Waals surface area contributed by atoms with Crippen molar-refractivity contribution in [1.29, 1.82) is 0 Å². The number of unbranched alkanes of at least 4 members (excludes halogenated alkanes) is 2. The van der Waals surface area contributed by atoms with E-state index < -0.39 is 0 Å². The van der Waals surface area contributed by atoms with Crippen molar-refractivity contribution >= 4 is 28.2 Å². The van der Waals surface area contributed by atoms with E-state index in [0.717, 1.165) is 44.0 Å². The highest BCUT2D eigenvalue weighted by molar-refractivity contribution is 7.18. The number of thiazole rings is 1. The van der Waals surface area contributed by atoms with Gasteiger partial charge in [-0.15, -0.1) is 0 Å². The predicted octanol–water partition coefficient (Wildman–Crippen LogP) is 1.82. The van der Waals surface area contributed by atoms with Gasteiger partial charge in [-0.1, -0.05) is 31.1 Å². The predicted molar refractivity (Wildman–Crippen MR) is 86.0 cm³/mol. The van der Waals surface area contributed by atoms with Crippen LogP contribution in [0.15, 0.2) is 0 Å². The van der Waals surface area contributed by atoms with Gasteiger partial charge in [-0.2, -0.15) is 0 Å². The second-order valence-electron chi connectivity index (χ2n) is 5.24. The first-order chi connectivity index (χ1) is 10.1. The molecule has 2 rings (SSSR count). The third-order valence-electron chi connectivity index (χ3n) is 3.56. The Balaban J connectivity index is 2.01. The fourth-order valence-electron chi connectivity index (χ4n) is 2.24. The Bertz CT molecular complexity index is 472. The molecule has 0 aromatic carbocycles. The number of nitrogens with zero attached hydrogens (tertiary/aromatic N) is 3. The highest BCUT2D eigenvalue weighted by atomic mass is 32.1. The normalized spacial score (nSPS) is 15.2. The Morgan fingerprint density at radius 2 is 2.14 bits per heavy atom. The van der Waals surface area contributed by atoms with Gasteiger partial charge in [0.15, 0.2) is 5.13 Å². The number of aromatic nitrogens is 1. The quantitative estimate of drug-likeness (QED) is 0.811. The van der Waals surface area contributed by atoms with Gasteiger partial charge >= 0.3 is 0 Å². The smallest absolute Gasteiger partial charge is 0.267 e. The van der Waals surface area contributed by atoms with Gasteiger partial charge in [0.05, 0.1) is 13.2 Å². The third-order valence-corrected chi connectivity index (χ3v) is 4.68. The van der Waals surface area contributed by atoms with Gasteiger partial charge in [0.25, 0.3) is 5.91 Å². The summed E-state index contributed by atoms with van der Waals surface area (Å²) in [6.07, 6.45) is 3.30. The van der Waals surface area contributed by atoms with Crippen molar-refractivity contribution in [2.75, 3.05) is 50.5 Å². The van der Waals surface area contributed by atoms with Crippen molar-refractivity contribution in [1.82, 2.24) is 9.88 Å². The minimum absolute atomic E-state index is 0.0272. The van der Waals surface area contributed by atoms with Crippen LogP contribution < -0.4 is 10.6 Å². The third kappa shape index (κ3) is 4.07. The van der Waals surface area contributed by atoms with Gasteiger partial charge in [0.1, 0.15) is 10.7 Å². The van der Waals surface area contributed by atoms with E-state index in [-0.39, 0.29) is 5.91 Å². The van der Waals surface area contributed by atoms with Crippen LogP contribution in [0.25, 0.3) is 0 Å². The van der Waals surface area contributed by atoms with Crippen molar-refractivity contribution in [3.05, 3.63) is 4.88 Å². The van der Waals surface area contributed by atoms with Crippen LogP contribution >= 0.6 is 11.3 Å². The zero-order valence-electron chi connectivity index (χ0n) is 12.8. The minimum atomic E-state index is -0.0272. The summed E-state index contributed by atoms with van der Waals surface area (Å²) in [5.74, 6) is 0.314. The molecule has 0 aliphatic carbocycles. The van der Waals surface area contributed by atoms with E-state index in [0.29, 0.717) is 23.9 Å². The SMILES string of the molecule is CCCCCN(C)C(=O)c1sc(N2CCOCC2)nc1N. The van der Waals surface area contributed by atoms with E-state index in [1.807, 2.05) is 7.05 Å². The molecule has 0 unspecified atom stereocenters. The summed E-state index contributed by atoms with van der Waals surface area (Å²) in [4.78, 5) is 21.2. The van der Waals surface area contributed by atoms with Crippen molar-refractivity contribution in [2.24, 2.45) is 0 Å². The number of nitrogens with two attached hydrogens (primary N) is 1. The molecule has 1 aliphatic heterocycles. The first-order valence-electron chi connectivity index (χ1n) is 7.48. The Hall–Kier alpha value is -1.34. The van der Waals surface area contributed by atoms with E-state index in [4.69, 9.17) is 10.5 Å². The van der Waals surface area contributed by atoms with Gasteiger partial charge in [-0.05, 0) is 6.42 Å². The lowest BCUT2D eigenvalue weighted by Crippen LogP contribution is -2.36. The van der Waals surface area contributed by atoms with E-state index in [2.05, 4.69) is 16.8 Å². The van der Waals surface area contributed by atoms with Gasteiger partial charge < -0.3 is 20.3 Å². The van der Waals surface area contributed by atoms with Crippen molar-refractivity contribution in [2.45, 2.75) is 26.2 Å². The average Bonchev–Trinajstić information content (AvgIpc) is 2.89. The summed E-state index contributed by atoms with van der Waals surface area (Å²) in [5.41, 5.74) is 5.94. The van der Waals surface area contributed by atoms with Crippen LogP contribution in [0.4, 0.5) is 10.9 Å². The first kappa shape index (κ1) is 16.0. The fourth-order valence-corrected chi connectivity index (χ4v) is 3.27. The molecule has 1 aromatic rings. The molecule has 2 N–H and O–H groups in total. The monoisotopic (exact) mass is 312 g/mol. The number of carbonyl (C=O) groups is 1. The molecule has 118 valence electrons. The molecule has 2 heterocycles. The van der Waals surface area contributed by atoms with Crippen molar-refractivity contribution in [3.63, 3.8) is 0 Å². The van der Waals surface area contributed by atoms with Crippen LogP contribution in [0.3, 0.4) is 0 Å². The molecule has 0 atom stereocenters. The number of morpholine rings is 1. The number of anilines is 2. The lowest BCUT2D eigenvalue weighted by Gasteiger charge is -2.25. The van der Waals surface area contributed by atoms with Crippen LogP contribution in [0.1, 0.15) is 35.9 Å². The van der Waals surface area contributed by atoms with Crippen molar-refractivity contribution < 1.29 is 9.53 Å². The van der Waals surface area contributed by atoms with Crippen LogP contribution in [0, 0.1) is 0 Å². The highest BCUT2D eigenvalue weighted by Crippen LogP contribution is 2.29. The maximum Gasteiger partial charge on any atom is 0.267 e. The zero-order valence-corrected chi connectivity index (χ0v) is 13.6. The standard InChI is InChI=1S/C14H24N4O2S/c1-3-4-5-6-17(2)13(19)11-12(15)16-14(21-11)18-7-9-20-10-8-18/h3-10,15H2,1-2H3. The van der Waals surface area contributed by atoms with E-state index in [9.17, 15) is 4.79 Å². The highest BCUT2D eigenvalue weighted by Gasteiger charge is 2.22. The molecule has 1 aliphatic rings. The van der Waals surface area contributed by atoms with Gasteiger partial charge in [0, 0.05) is 26.7 Å². The molecule has 0 bridgehead atoms. The summed E-state index contributed by atoms with van der Waals surface area (Å²) >= 11 is 1.38. The minimum Gasteiger partial charge on any atom is -0.382 e. The summed E-state index contributed by atoms with van der Waals surface area (Å²) < 4.78 is 5.33. The Morgan fingerprint density at radius 1 is 1.43 bits per heavy atom. The lowest BCUT2D eigenvalue weighted by molar-refractivity contribution is 0.0798. The van der Waals surface area contributed by atoms with Crippen LogP contribution in [0.5, 0.6) is 0 Å². The summed E-state index contributed by atoms with van der Waals surface area (Å²) in [5, 5.41) is 0.820. The van der Waals surface area contributed by atoms with Crippen molar-refractivity contribution in [3.8, 4) is 0 Å². The number of nitrogen functional groups attached to an aromatic ring is 1. The molecule has 1 saturated heterocycles. The molecule has 6 nitrogen and oxygen atoms in total. The number of amides is 1. The number of rotatable bonds is 6. The average molecular weight is 312 g/mol.